The van der Waals surface area contributed by atoms with E-state index in [0.717, 1.165) is 21.4 Å². The number of hydrogen-bond donors (Lipinski definition) is 1. The number of carbonyl (C=O) groups is 1. The lowest BCUT2D eigenvalue weighted by Crippen LogP contribution is -2.45. The van der Waals surface area contributed by atoms with Crippen LogP contribution in [0.15, 0.2) is 65.0 Å². The van der Waals surface area contributed by atoms with Crippen LogP contribution in [0.2, 0.25) is 0 Å². The van der Waals surface area contributed by atoms with Gasteiger partial charge in [-0.05, 0) is 24.6 Å². The van der Waals surface area contributed by atoms with Crippen LogP contribution in [0.4, 0.5) is 0 Å². The molecule has 0 unspecified atom stereocenters. The molecule has 0 fully saturated rings. The molecule has 8 heteroatoms. The van der Waals surface area contributed by atoms with E-state index < -0.39 is 12.0 Å². The van der Waals surface area contributed by atoms with Gasteiger partial charge in [-0.1, -0.05) is 42.0 Å². The van der Waals surface area contributed by atoms with Gasteiger partial charge in [0.2, 0.25) is 6.10 Å². The number of thiophene rings is 1. The van der Waals surface area contributed by atoms with Crippen LogP contribution >= 0.6 is 11.3 Å². The summed E-state index contributed by atoms with van der Waals surface area (Å²) in [6.45, 7) is 2.06. The largest absolute Gasteiger partial charge is 0.485 e. The molecule has 7 nitrogen and oxygen atoms in total. The van der Waals surface area contributed by atoms with Gasteiger partial charge in [0, 0.05) is 10.9 Å². The molecule has 1 aliphatic heterocycles. The molecule has 0 bridgehead atoms. The number of para-hydroxylation sites is 2. The molecule has 30 heavy (non-hydrogen) atoms. The minimum Gasteiger partial charge on any atom is -0.485 e. The first-order valence-corrected chi connectivity index (χ1v) is 10.2. The fourth-order valence-electron chi connectivity index (χ4n) is 3.30. The molecular formula is C22H17N3O4S. The Morgan fingerprint density at radius 1 is 1.17 bits per heavy atom. The van der Waals surface area contributed by atoms with Crippen molar-refractivity contribution < 1.29 is 14.3 Å². The maximum Gasteiger partial charge on any atom is 0.283 e. The molecule has 1 aliphatic rings. The number of hydrogen-bond acceptors (Lipinski definition) is 6. The molecule has 2 aromatic heterocycles. The van der Waals surface area contributed by atoms with Gasteiger partial charge in [-0.25, -0.2) is 9.66 Å². The number of carbonyl (C=O) groups excluding carboxylic acids is 1. The highest BCUT2D eigenvalue weighted by Crippen LogP contribution is 2.32. The van der Waals surface area contributed by atoms with E-state index in [2.05, 4.69) is 10.4 Å². The standard InChI is InChI=1S/C22H17N3O4S/c1-13-6-8-14(9-7-13)15-11-30-21-19(15)22(27)25(12-23-21)24-20(26)18-10-28-16-4-2-3-5-17(16)29-18/h2-9,11-12,18H,10H2,1H3,(H,24,26)/t18-/m0/s1. The van der Waals surface area contributed by atoms with E-state index in [4.69, 9.17) is 9.47 Å². The van der Waals surface area contributed by atoms with Gasteiger partial charge in [0.05, 0.1) is 5.39 Å². The van der Waals surface area contributed by atoms with Crippen molar-refractivity contribution in [2.24, 2.45) is 0 Å². The highest BCUT2D eigenvalue weighted by Gasteiger charge is 2.28. The molecule has 2 aromatic carbocycles. The lowest BCUT2D eigenvalue weighted by Gasteiger charge is -2.25. The minimum atomic E-state index is -0.874. The lowest BCUT2D eigenvalue weighted by molar-refractivity contribution is -0.126. The molecule has 0 spiro atoms. The lowest BCUT2D eigenvalue weighted by atomic mass is 10.1. The summed E-state index contributed by atoms with van der Waals surface area (Å²) in [4.78, 5) is 30.8. The topological polar surface area (TPSA) is 82.5 Å². The number of nitrogens with one attached hydrogen (secondary N) is 1. The van der Waals surface area contributed by atoms with Gasteiger partial charge in [0.1, 0.15) is 17.8 Å². The first-order chi connectivity index (χ1) is 14.6. The quantitative estimate of drug-likeness (QED) is 0.551. The zero-order chi connectivity index (χ0) is 20.7. The van der Waals surface area contributed by atoms with Crippen LogP contribution < -0.4 is 20.5 Å². The fourth-order valence-corrected chi connectivity index (χ4v) is 4.20. The molecule has 4 aromatic rings. The Morgan fingerprint density at radius 3 is 2.73 bits per heavy atom. The number of aryl methyl sites for hydroxylation is 1. The molecule has 1 amide bonds. The van der Waals surface area contributed by atoms with Gasteiger partial charge in [0.25, 0.3) is 11.5 Å². The van der Waals surface area contributed by atoms with Crippen molar-refractivity contribution in [2.75, 3.05) is 12.0 Å². The van der Waals surface area contributed by atoms with Gasteiger partial charge >= 0.3 is 0 Å². The van der Waals surface area contributed by atoms with Crippen LogP contribution in [0.3, 0.4) is 0 Å². The smallest absolute Gasteiger partial charge is 0.283 e. The number of aromatic nitrogens is 2. The molecule has 150 valence electrons. The van der Waals surface area contributed by atoms with Gasteiger partial charge in [-0.2, -0.15) is 0 Å². The Kier molecular flexibility index (Phi) is 4.48. The summed E-state index contributed by atoms with van der Waals surface area (Å²) in [6, 6.07) is 15.1. The fraction of sp³-hybridized carbons (Fsp3) is 0.136. The molecule has 0 radical (unpaired) electrons. The van der Waals surface area contributed by atoms with Crippen LogP contribution in [-0.4, -0.2) is 28.3 Å². The van der Waals surface area contributed by atoms with Crippen LogP contribution in [0, 0.1) is 6.92 Å². The third-order valence-electron chi connectivity index (χ3n) is 4.89. The van der Waals surface area contributed by atoms with E-state index in [0.29, 0.717) is 21.7 Å². The maximum atomic E-state index is 13.1. The van der Waals surface area contributed by atoms with Crippen LogP contribution in [0.5, 0.6) is 11.5 Å². The zero-order valence-corrected chi connectivity index (χ0v) is 16.8. The summed E-state index contributed by atoms with van der Waals surface area (Å²) in [6.07, 6.45) is 0.442. The van der Waals surface area contributed by atoms with E-state index in [9.17, 15) is 9.59 Å². The second kappa shape index (κ2) is 7.31. The van der Waals surface area contributed by atoms with Crippen molar-refractivity contribution in [3.05, 3.63) is 76.2 Å². The molecule has 0 saturated heterocycles. The molecule has 1 atom stereocenters. The number of ether oxygens (including phenoxy) is 2. The van der Waals surface area contributed by atoms with Gasteiger partial charge in [-0.3, -0.25) is 15.0 Å². The average Bonchev–Trinajstić information content (AvgIpc) is 3.21. The third kappa shape index (κ3) is 3.21. The maximum absolute atomic E-state index is 13.1. The summed E-state index contributed by atoms with van der Waals surface area (Å²) < 4.78 is 12.4. The monoisotopic (exact) mass is 419 g/mol. The minimum absolute atomic E-state index is 0.0559. The molecule has 1 N–H and O–H groups in total. The number of fused-ring (bicyclic) bond motifs is 2. The van der Waals surface area contributed by atoms with E-state index in [1.807, 2.05) is 42.6 Å². The predicted octanol–water partition coefficient (Wildman–Crippen LogP) is 3.34. The van der Waals surface area contributed by atoms with Crippen LogP contribution in [-0.2, 0) is 4.79 Å². The van der Waals surface area contributed by atoms with E-state index in [1.54, 1.807) is 18.2 Å². The van der Waals surface area contributed by atoms with Crippen molar-refractivity contribution in [1.29, 1.82) is 0 Å². The van der Waals surface area contributed by atoms with Crippen molar-refractivity contribution in [3.63, 3.8) is 0 Å². The van der Waals surface area contributed by atoms with Crippen LogP contribution in [0.1, 0.15) is 5.56 Å². The number of benzene rings is 2. The Hall–Kier alpha value is -3.65. The molecule has 0 aliphatic carbocycles. The zero-order valence-electron chi connectivity index (χ0n) is 16.0. The second-order valence-electron chi connectivity index (χ2n) is 6.96. The summed E-state index contributed by atoms with van der Waals surface area (Å²) in [5.74, 6) is 0.590. The number of amides is 1. The summed E-state index contributed by atoms with van der Waals surface area (Å²) in [5.41, 5.74) is 5.09. The van der Waals surface area contributed by atoms with Crippen molar-refractivity contribution in [3.8, 4) is 22.6 Å². The van der Waals surface area contributed by atoms with Gasteiger partial charge in [-0.15, -0.1) is 11.3 Å². The molecular weight excluding hydrogens is 402 g/mol. The summed E-state index contributed by atoms with van der Waals surface area (Å²) in [5, 5.41) is 2.38. The third-order valence-corrected chi connectivity index (χ3v) is 5.78. The normalized spacial score (nSPS) is 15.2. The Bertz CT molecular complexity index is 1310. The highest BCUT2D eigenvalue weighted by atomic mass is 32.1. The molecule has 5 rings (SSSR count). The Morgan fingerprint density at radius 2 is 1.93 bits per heavy atom. The summed E-state index contributed by atoms with van der Waals surface area (Å²) >= 11 is 1.39. The summed E-state index contributed by atoms with van der Waals surface area (Å²) in [7, 11) is 0. The van der Waals surface area contributed by atoms with E-state index in [-0.39, 0.29) is 12.2 Å². The van der Waals surface area contributed by atoms with Gasteiger partial charge in [0.15, 0.2) is 11.5 Å². The van der Waals surface area contributed by atoms with Crippen LogP contribution in [0.25, 0.3) is 21.3 Å². The van der Waals surface area contributed by atoms with Gasteiger partial charge < -0.3 is 9.47 Å². The van der Waals surface area contributed by atoms with Crippen molar-refractivity contribution >= 4 is 27.5 Å². The van der Waals surface area contributed by atoms with Crippen molar-refractivity contribution in [1.82, 2.24) is 9.66 Å². The average molecular weight is 419 g/mol. The molecule has 3 heterocycles. The first-order valence-electron chi connectivity index (χ1n) is 9.35. The Labute approximate surface area is 175 Å². The SMILES string of the molecule is Cc1ccc(-c2csc3ncn(NC(=O)[C@@H]4COc5ccccc5O4)c(=O)c23)cc1. The number of nitrogens with zero attached hydrogens (tertiary/aromatic N) is 2. The Balaban J connectivity index is 1.45. The second-order valence-corrected chi connectivity index (χ2v) is 7.81. The number of rotatable bonds is 3. The van der Waals surface area contributed by atoms with Crippen molar-refractivity contribution in [2.45, 2.75) is 13.0 Å². The molecule has 0 saturated carbocycles. The van der Waals surface area contributed by atoms with E-state index >= 15 is 0 Å². The van der Waals surface area contributed by atoms with E-state index in [1.165, 1.54) is 17.7 Å². The first kappa shape index (κ1) is 18.4. The predicted molar refractivity (Wildman–Crippen MR) is 115 cm³/mol. The highest BCUT2D eigenvalue weighted by molar-refractivity contribution is 7.17.